The molecule has 5 nitrogen and oxygen atoms in total. The van der Waals surface area contributed by atoms with Gasteiger partial charge >= 0.3 is 11.9 Å². The van der Waals surface area contributed by atoms with Crippen molar-refractivity contribution in [1.29, 1.82) is 0 Å². The van der Waals surface area contributed by atoms with Crippen LogP contribution in [0.5, 0.6) is 0 Å². The molecule has 0 saturated carbocycles. The van der Waals surface area contributed by atoms with Gasteiger partial charge in [0, 0.05) is 5.92 Å². The summed E-state index contributed by atoms with van der Waals surface area (Å²) in [4.78, 5) is 24.2. The number of esters is 1. The zero-order chi connectivity index (χ0) is 18.9. The minimum absolute atomic E-state index is 0.0650. The van der Waals surface area contributed by atoms with Crippen LogP contribution in [0.25, 0.3) is 11.1 Å². The lowest BCUT2D eigenvalue weighted by Gasteiger charge is -2.28. The minimum atomic E-state index is -2.04. The molecule has 2 atom stereocenters. The van der Waals surface area contributed by atoms with E-state index in [0.29, 0.717) is 6.42 Å². The number of carbonyl (C=O) groups is 2. The minimum Gasteiger partial charge on any atom is -0.479 e. The molecule has 0 fully saturated rings. The number of aliphatic carboxylic acids is 1. The molecular weight excluding hydrogens is 330 g/mol. The molecule has 2 aromatic rings. The normalized spacial score (nSPS) is 16.3. The van der Waals surface area contributed by atoms with Crippen molar-refractivity contribution in [2.24, 2.45) is 11.7 Å². The van der Waals surface area contributed by atoms with Crippen molar-refractivity contribution in [3.8, 4) is 11.1 Å². The number of hydrogen-bond donors (Lipinski definition) is 2. The van der Waals surface area contributed by atoms with E-state index in [1.807, 2.05) is 48.5 Å². The number of rotatable bonds is 6. The van der Waals surface area contributed by atoms with Gasteiger partial charge in [-0.25, -0.2) is 9.59 Å². The Morgan fingerprint density at radius 2 is 1.62 bits per heavy atom. The molecule has 0 amide bonds. The largest absolute Gasteiger partial charge is 0.479 e. The van der Waals surface area contributed by atoms with Gasteiger partial charge in [0.25, 0.3) is 0 Å². The summed E-state index contributed by atoms with van der Waals surface area (Å²) in [5.74, 6) is -2.90. The van der Waals surface area contributed by atoms with E-state index < -0.39 is 23.4 Å². The van der Waals surface area contributed by atoms with Gasteiger partial charge in [0.15, 0.2) is 0 Å². The number of hydrogen-bond acceptors (Lipinski definition) is 4. The summed E-state index contributed by atoms with van der Waals surface area (Å²) < 4.78 is 5.44. The molecule has 0 saturated heterocycles. The molecule has 0 unspecified atom stereocenters. The monoisotopic (exact) mass is 353 g/mol. The molecule has 0 aromatic heterocycles. The number of carbonyl (C=O) groups excluding carboxylic acids is 1. The Morgan fingerprint density at radius 3 is 2.08 bits per heavy atom. The standard InChI is InChI=1S/C21H23NO4/c1-3-13(2)21(22,19(23)24)20(25)26-12-18-16-10-6-4-8-14(16)15-9-5-7-11-17(15)18/h4-11,13,18H,3,12,22H2,1-2H3,(H,23,24)/t13-,21+/m1/s1. The van der Waals surface area contributed by atoms with Crippen molar-refractivity contribution in [3.63, 3.8) is 0 Å². The first kappa shape index (κ1) is 18.1. The number of nitrogens with two attached hydrogens (primary N) is 1. The zero-order valence-corrected chi connectivity index (χ0v) is 14.9. The summed E-state index contributed by atoms with van der Waals surface area (Å²) in [5, 5.41) is 9.49. The van der Waals surface area contributed by atoms with Gasteiger partial charge in [-0.1, -0.05) is 68.8 Å². The summed E-state index contributed by atoms with van der Waals surface area (Å²) in [7, 11) is 0. The molecule has 136 valence electrons. The number of carboxylic acids is 1. The first-order valence-electron chi connectivity index (χ1n) is 8.79. The van der Waals surface area contributed by atoms with Gasteiger partial charge in [-0.3, -0.25) is 0 Å². The zero-order valence-electron chi connectivity index (χ0n) is 14.9. The van der Waals surface area contributed by atoms with Crippen molar-refractivity contribution in [2.75, 3.05) is 6.61 Å². The van der Waals surface area contributed by atoms with Gasteiger partial charge in [-0.15, -0.1) is 0 Å². The SMILES string of the molecule is CC[C@@H](C)[C@](N)(C(=O)O)C(=O)OCC1c2ccccc2-c2ccccc21. The van der Waals surface area contributed by atoms with Crippen molar-refractivity contribution in [1.82, 2.24) is 0 Å². The highest BCUT2D eigenvalue weighted by molar-refractivity contribution is 6.04. The highest BCUT2D eigenvalue weighted by atomic mass is 16.5. The van der Waals surface area contributed by atoms with Crippen LogP contribution >= 0.6 is 0 Å². The highest BCUT2D eigenvalue weighted by Gasteiger charge is 2.48. The summed E-state index contributed by atoms with van der Waals surface area (Å²) in [5.41, 5.74) is 8.28. The van der Waals surface area contributed by atoms with E-state index in [1.165, 1.54) is 0 Å². The Labute approximate surface area is 152 Å². The third-order valence-electron chi connectivity index (χ3n) is 5.43. The van der Waals surface area contributed by atoms with E-state index in [2.05, 4.69) is 0 Å². The van der Waals surface area contributed by atoms with Crippen LogP contribution in [0.3, 0.4) is 0 Å². The van der Waals surface area contributed by atoms with Crippen LogP contribution in [-0.4, -0.2) is 29.2 Å². The summed E-state index contributed by atoms with van der Waals surface area (Å²) in [6, 6.07) is 15.9. The Balaban J connectivity index is 1.86. The molecule has 0 heterocycles. The molecule has 0 spiro atoms. The van der Waals surface area contributed by atoms with Gasteiger partial charge in [-0.05, 0) is 28.2 Å². The van der Waals surface area contributed by atoms with E-state index >= 15 is 0 Å². The maximum Gasteiger partial charge on any atom is 0.338 e. The first-order chi connectivity index (χ1) is 12.4. The molecule has 26 heavy (non-hydrogen) atoms. The predicted octanol–water partition coefficient (Wildman–Crippen LogP) is 3.17. The maximum atomic E-state index is 12.6. The van der Waals surface area contributed by atoms with Crippen LogP contribution < -0.4 is 5.73 Å². The number of ether oxygens (including phenoxy) is 1. The molecule has 2 aromatic carbocycles. The number of benzene rings is 2. The van der Waals surface area contributed by atoms with E-state index in [1.54, 1.807) is 13.8 Å². The molecule has 5 heteroatoms. The smallest absolute Gasteiger partial charge is 0.338 e. The van der Waals surface area contributed by atoms with Crippen LogP contribution in [0.1, 0.15) is 37.3 Å². The van der Waals surface area contributed by atoms with Gasteiger partial charge in [0.1, 0.15) is 6.61 Å². The van der Waals surface area contributed by atoms with Gasteiger partial charge in [0.2, 0.25) is 5.54 Å². The third kappa shape index (κ3) is 2.78. The number of fused-ring (bicyclic) bond motifs is 3. The van der Waals surface area contributed by atoms with Gasteiger partial charge < -0.3 is 15.6 Å². The molecule has 0 bridgehead atoms. The Kier molecular flexibility index (Phi) is 4.83. The van der Waals surface area contributed by atoms with E-state index in [-0.39, 0.29) is 12.5 Å². The first-order valence-corrected chi connectivity index (χ1v) is 8.79. The maximum absolute atomic E-state index is 12.6. The molecule has 3 N–H and O–H groups in total. The predicted molar refractivity (Wildman–Crippen MR) is 98.7 cm³/mol. The molecule has 3 rings (SSSR count). The van der Waals surface area contributed by atoms with Crippen LogP contribution in [0.15, 0.2) is 48.5 Å². The van der Waals surface area contributed by atoms with Crippen LogP contribution in [0.4, 0.5) is 0 Å². The Morgan fingerprint density at radius 1 is 1.12 bits per heavy atom. The van der Waals surface area contributed by atoms with E-state index in [4.69, 9.17) is 10.5 Å². The van der Waals surface area contributed by atoms with Crippen LogP contribution in [0.2, 0.25) is 0 Å². The molecule has 1 aliphatic carbocycles. The summed E-state index contributed by atoms with van der Waals surface area (Å²) in [6.45, 7) is 3.51. The Bertz CT molecular complexity index is 802. The van der Waals surface area contributed by atoms with Crippen molar-refractivity contribution in [2.45, 2.75) is 31.7 Å². The highest BCUT2D eigenvalue weighted by Crippen LogP contribution is 2.44. The second-order valence-electron chi connectivity index (χ2n) is 6.81. The van der Waals surface area contributed by atoms with E-state index in [9.17, 15) is 14.7 Å². The second-order valence-corrected chi connectivity index (χ2v) is 6.81. The van der Waals surface area contributed by atoms with Gasteiger partial charge in [0.05, 0.1) is 0 Å². The van der Waals surface area contributed by atoms with E-state index in [0.717, 1.165) is 22.3 Å². The fourth-order valence-corrected chi connectivity index (χ4v) is 3.54. The quantitative estimate of drug-likeness (QED) is 0.615. The summed E-state index contributed by atoms with van der Waals surface area (Å²) >= 11 is 0. The lowest BCUT2D eigenvalue weighted by Crippen LogP contribution is -2.60. The summed E-state index contributed by atoms with van der Waals surface area (Å²) in [6.07, 6.45) is 0.465. The van der Waals surface area contributed by atoms with Crippen molar-refractivity contribution < 1.29 is 19.4 Å². The third-order valence-corrected chi connectivity index (χ3v) is 5.43. The van der Waals surface area contributed by atoms with Crippen molar-refractivity contribution in [3.05, 3.63) is 59.7 Å². The molecule has 0 aliphatic heterocycles. The molecule has 0 radical (unpaired) electrons. The second kappa shape index (κ2) is 6.92. The van der Waals surface area contributed by atoms with Gasteiger partial charge in [-0.2, -0.15) is 0 Å². The lowest BCUT2D eigenvalue weighted by atomic mass is 9.84. The van der Waals surface area contributed by atoms with Crippen LogP contribution in [-0.2, 0) is 14.3 Å². The molecule has 1 aliphatic rings. The lowest BCUT2D eigenvalue weighted by molar-refractivity contribution is -0.164. The Hall–Kier alpha value is -2.66. The average molecular weight is 353 g/mol. The average Bonchev–Trinajstić information content (AvgIpc) is 2.98. The van der Waals surface area contributed by atoms with Crippen molar-refractivity contribution >= 4 is 11.9 Å². The fourth-order valence-electron chi connectivity index (χ4n) is 3.54. The fraction of sp³-hybridized carbons (Fsp3) is 0.333. The topological polar surface area (TPSA) is 89.6 Å². The van der Waals surface area contributed by atoms with Crippen LogP contribution in [0, 0.1) is 5.92 Å². The number of carboxylic acid groups (broad SMARTS) is 1. The molecular formula is C21H23NO4.